The Morgan fingerprint density at radius 3 is 3.29 bits per heavy atom. The van der Waals surface area contributed by atoms with Crippen LogP contribution in [0, 0.1) is 0 Å². The summed E-state index contributed by atoms with van der Waals surface area (Å²) in [4.78, 5) is 8.70. The van der Waals surface area contributed by atoms with Gasteiger partial charge in [-0.05, 0) is 6.92 Å². The molecule has 2 rings (SSSR count). The highest BCUT2D eigenvalue weighted by Gasteiger charge is 2.14. The SMILES string of the molecule is CC1CSC(=NCCc2cscn2)N1. The number of aliphatic imine (C=N–C) groups is 1. The van der Waals surface area contributed by atoms with Gasteiger partial charge in [0.1, 0.15) is 0 Å². The zero-order valence-corrected chi connectivity index (χ0v) is 9.70. The predicted molar refractivity (Wildman–Crippen MR) is 63.2 cm³/mol. The molecule has 2 heterocycles. The monoisotopic (exact) mass is 227 g/mol. The molecule has 1 fully saturated rings. The van der Waals surface area contributed by atoms with Crippen LogP contribution in [0.3, 0.4) is 0 Å². The number of thiazole rings is 1. The minimum atomic E-state index is 0.568. The van der Waals surface area contributed by atoms with Gasteiger partial charge in [-0.15, -0.1) is 11.3 Å². The van der Waals surface area contributed by atoms with E-state index in [1.807, 2.05) is 17.3 Å². The first-order valence-electron chi connectivity index (χ1n) is 4.65. The first-order chi connectivity index (χ1) is 6.84. The molecule has 1 aliphatic rings. The first-order valence-corrected chi connectivity index (χ1v) is 6.58. The normalized spacial score (nSPS) is 24.1. The van der Waals surface area contributed by atoms with Crippen LogP contribution in [-0.2, 0) is 6.42 Å². The van der Waals surface area contributed by atoms with Gasteiger partial charge in [-0.1, -0.05) is 11.8 Å². The summed E-state index contributed by atoms with van der Waals surface area (Å²) in [5.74, 6) is 1.13. The van der Waals surface area contributed by atoms with Gasteiger partial charge in [-0.2, -0.15) is 0 Å². The number of rotatable bonds is 3. The van der Waals surface area contributed by atoms with E-state index in [-0.39, 0.29) is 0 Å². The molecule has 1 N–H and O–H groups in total. The lowest BCUT2D eigenvalue weighted by molar-refractivity contribution is 0.763. The van der Waals surface area contributed by atoms with E-state index in [0.717, 1.165) is 29.6 Å². The molecule has 3 nitrogen and oxygen atoms in total. The third-order valence-electron chi connectivity index (χ3n) is 1.95. The van der Waals surface area contributed by atoms with Crippen LogP contribution < -0.4 is 5.32 Å². The van der Waals surface area contributed by atoms with Crippen molar-refractivity contribution in [1.29, 1.82) is 0 Å². The molecule has 1 aromatic heterocycles. The summed E-state index contributed by atoms with van der Waals surface area (Å²) in [5.41, 5.74) is 3.02. The zero-order valence-electron chi connectivity index (χ0n) is 8.06. The van der Waals surface area contributed by atoms with Crippen LogP contribution in [-0.4, -0.2) is 28.5 Å². The van der Waals surface area contributed by atoms with Gasteiger partial charge in [-0.25, -0.2) is 4.98 Å². The van der Waals surface area contributed by atoms with Crippen molar-refractivity contribution in [2.24, 2.45) is 4.99 Å². The van der Waals surface area contributed by atoms with E-state index in [1.54, 1.807) is 11.3 Å². The lowest BCUT2D eigenvalue weighted by atomic mass is 10.3. The number of nitrogens with zero attached hydrogens (tertiary/aromatic N) is 2. The van der Waals surface area contributed by atoms with Crippen molar-refractivity contribution >= 4 is 28.3 Å². The number of aromatic nitrogens is 1. The molecule has 1 saturated heterocycles. The highest BCUT2D eigenvalue weighted by atomic mass is 32.2. The Bertz CT molecular complexity index is 308. The average Bonchev–Trinajstić information content (AvgIpc) is 2.77. The van der Waals surface area contributed by atoms with Crippen molar-refractivity contribution in [3.05, 3.63) is 16.6 Å². The predicted octanol–water partition coefficient (Wildman–Crippen LogP) is 1.77. The summed E-state index contributed by atoms with van der Waals surface area (Å²) in [5, 5.41) is 6.50. The van der Waals surface area contributed by atoms with Crippen molar-refractivity contribution in [1.82, 2.24) is 10.3 Å². The largest absolute Gasteiger partial charge is 0.362 e. The molecule has 1 unspecified atom stereocenters. The zero-order chi connectivity index (χ0) is 9.80. The van der Waals surface area contributed by atoms with Gasteiger partial charge in [0, 0.05) is 30.1 Å². The second-order valence-electron chi connectivity index (χ2n) is 3.27. The highest BCUT2D eigenvalue weighted by molar-refractivity contribution is 8.14. The summed E-state index contributed by atoms with van der Waals surface area (Å²) >= 11 is 3.45. The van der Waals surface area contributed by atoms with Crippen molar-refractivity contribution in [2.75, 3.05) is 12.3 Å². The fraction of sp³-hybridized carbons (Fsp3) is 0.556. The maximum absolute atomic E-state index is 4.48. The summed E-state index contributed by atoms with van der Waals surface area (Å²) in [7, 11) is 0. The molecule has 76 valence electrons. The second-order valence-corrected chi connectivity index (χ2v) is 5.00. The van der Waals surface area contributed by atoms with Crippen LogP contribution in [0.1, 0.15) is 12.6 Å². The van der Waals surface area contributed by atoms with Crippen LogP contribution in [0.4, 0.5) is 0 Å². The quantitative estimate of drug-likeness (QED) is 0.855. The molecule has 0 radical (unpaired) electrons. The van der Waals surface area contributed by atoms with E-state index < -0.39 is 0 Å². The highest BCUT2D eigenvalue weighted by Crippen LogP contribution is 2.13. The Morgan fingerprint density at radius 1 is 1.71 bits per heavy atom. The molecular weight excluding hydrogens is 214 g/mol. The van der Waals surface area contributed by atoms with Gasteiger partial charge >= 0.3 is 0 Å². The Kier molecular flexibility index (Phi) is 3.42. The van der Waals surface area contributed by atoms with Crippen molar-refractivity contribution < 1.29 is 0 Å². The molecule has 1 aliphatic heterocycles. The minimum absolute atomic E-state index is 0.568. The smallest absolute Gasteiger partial charge is 0.156 e. The number of amidine groups is 1. The van der Waals surface area contributed by atoms with E-state index in [1.165, 1.54) is 0 Å². The van der Waals surface area contributed by atoms with Crippen LogP contribution >= 0.6 is 23.1 Å². The Labute approximate surface area is 92.0 Å². The maximum atomic E-state index is 4.48. The Hall–Kier alpha value is -0.550. The summed E-state index contributed by atoms with van der Waals surface area (Å²) in [6, 6.07) is 0.568. The minimum Gasteiger partial charge on any atom is -0.362 e. The summed E-state index contributed by atoms with van der Waals surface area (Å²) < 4.78 is 0. The Balaban J connectivity index is 1.77. The van der Waals surface area contributed by atoms with Gasteiger partial charge in [0.05, 0.1) is 11.2 Å². The van der Waals surface area contributed by atoms with Crippen LogP contribution in [0.25, 0.3) is 0 Å². The van der Waals surface area contributed by atoms with Crippen molar-refractivity contribution in [2.45, 2.75) is 19.4 Å². The van der Waals surface area contributed by atoms with Crippen LogP contribution in [0.5, 0.6) is 0 Å². The van der Waals surface area contributed by atoms with Gasteiger partial charge in [0.25, 0.3) is 0 Å². The fourth-order valence-corrected chi connectivity index (χ4v) is 2.77. The lowest BCUT2D eigenvalue weighted by Gasteiger charge is -2.00. The third kappa shape index (κ3) is 2.72. The van der Waals surface area contributed by atoms with Crippen molar-refractivity contribution in [3.8, 4) is 0 Å². The van der Waals surface area contributed by atoms with E-state index >= 15 is 0 Å². The number of nitrogens with one attached hydrogen (secondary N) is 1. The number of hydrogen-bond donors (Lipinski definition) is 1. The topological polar surface area (TPSA) is 37.3 Å². The number of thioether (sulfide) groups is 1. The maximum Gasteiger partial charge on any atom is 0.156 e. The summed E-state index contributed by atoms with van der Waals surface area (Å²) in [6.45, 7) is 3.02. The molecule has 0 amide bonds. The van der Waals surface area contributed by atoms with Gasteiger partial charge in [-0.3, -0.25) is 4.99 Å². The molecule has 0 bridgehead atoms. The fourth-order valence-electron chi connectivity index (χ4n) is 1.22. The molecule has 1 atom stereocenters. The van der Waals surface area contributed by atoms with Crippen LogP contribution in [0.15, 0.2) is 15.9 Å². The van der Waals surface area contributed by atoms with E-state index in [4.69, 9.17) is 0 Å². The molecule has 0 saturated carbocycles. The van der Waals surface area contributed by atoms with Crippen LogP contribution in [0.2, 0.25) is 0 Å². The lowest BCUT2D eigenvalue weighted by Crippen LogP contribution is -2.23. The number of hydrogen-bond acceptors (Lipinski definition) is 4. The first kappa shape index (κ1) is 9.98. The molecular formula is C9H13N3S2. The average molecular weight is 227 g/mol. The van der Waals surface area contributed by atoms with E-state index in [9.17, 15) is 0 Å². The van der Waals surface area contributed by atoms with Gasteiger partial charge in [0.15, 0.2) is 5.17 Å². The molecule has 5 heteroatoms. The molecule has 0 aliphatic carbocycles. The summed E-state index contributed by atoms with van der Waals surface area (Å²) in [6.07, 6.45) is 0.948. The molecule has 1 aromatic rings. The Morgan fingerprint density at radius 2 is 2.64 bits per heavy atom. The van der Waals surface area contributed by atoms with Crippen molar-refractivity contribution in [3.63, 3.8) is 0 Å². The molecule has 14 heavy (non-hydrogen) atoms. The molecule has 0 spiro atoms. The van der Waals surface area contributed by atoms with Gasteiger partial charge < -0.3 is 5.32 Å². The van der Waals surface area contributed by atoms with Gasteiger partial charge in [0.2, 0.25) is 0 Å². The van der Waals surface area contributed by atoms with E-state index in [2.05, 4.69) is 27.6 Å². The third-order valence-corrected chi connectivity index (χ3v) is 3.77. The second kappa shape index (κ2) is 4.79. The standard InChI is InChI=1S/C9H13N3S2/c1-7-4-14-9(12-7)10-3-2-8-5-13-6-11-8/h5-7H,2-4H2,1H3,(H,10,12). The molecule has 0 aromatic carbocycles. The van der Waals surface area contributed by atoms with E-state index in [0.29, 0.717) is 6.04 Å².